The van der Waals surface area contributed by atoms with Crippen LogP contribution in [0.25, 0.3) is 0 Å². The monoisotopic (exact) mass is 470 g/mol. The molecule has 2 aromatic carbocycles. The lowest BCUT2D eigenvalue weighted by Crippen LogP contribution is -2.37. The molecule has 35 heavy (non-hydrogen) atoms. The predicted molar refractivity (Wildman–Crippen MR) is 132 cm³/mol. The molecule has 0 saturated heterocycles. The maximum absolute atomic E-state index is 13.5. The zero-order chi connectivity index (χ0) is 25.0. The summed E-state index contributed by atoms with van der Waals surface area (Å²) in [5, 5.41) is 0. The molecular formula is C30H30O5. The average Bonchev–Trinajstić information content (AvgIpc) is 2.77. The summed E-state index contributed by atoms with van der Waals surface area (Å²) in [5.74, 6) is 0.502. The Morgan fingerprint density at radius 3 is 1.86 bits per heavy atom. The van der Waals surface area contributed by atoms with Gasteiger partial charge in [-0.05, 0) is 29.0 Å². The number of hydrogen-bond acceptors (Lipinski definition) is 5. The lowest BCUT2D eigenvalue weighted by Gasteiger charge is -2.42. The quantitative estimate of drug-likeness (QED) is 0.389. The maximum atomic E-state index is 13.5. The minimum absolute atomic E-state index is 0.0189. The van der Waals surface area contributed by atoms with Crippen molar-refractivity contribution in [2.75, 3.05) is 0 Å². The van der Waals surface area contributed by atoms with E-state index in [4.69, 9.17) is 9.47 Å². The third kappa shape index (κ3) is 4.36. The summed E-state index contributed by atoms with van der Waals surface area (Å²) in [4.78, 5) is 39.9. The van der Waals surface area contributed by atoms with Crippen LogP contribution < -0.4 is 4.74 Å². The first-order chi connectivity index (χ1) is 16.5. The fourth-order valence-corrected chi connectivity index (χ4v) is 5.53. The summed E-state index contributed by atoms with van der Waals surface area (Å²) in [7, 11) is 0. The van der Waals surface area contributed by atoms with Gasteiger partial charge in [0.2, 0.25) is 0 Å². The first-order valence-electron chi connectivity index (χ1n) is 12.1. The largest absolute Gasteiger partial charge is 0.465 e. The Kier molecular flexibility index (Phi) is 5.54. The molecule has 0 amide bonds. The van der Waals surface area contributed by atoms with Crippen molar-refractivity contribution in [3.63, 3.8) is 0 Å². The van der Waals surface area contributed by atoms with Crippen LogP contribution in [0.4, 0.5) is 0 Å². The van der Waals surface area contributed by atoms with E-state index in [1.54, 1.807) is 36.4 Å². The zero-order valence-corrected chi connectivity index (χ0v) is 20.6. The second-order valence-electron chi connectivity index (χ2n) is 11.4. The Bertz CT molecular complexity index is 1240. The highest BCUT2D eigenvalue weighted by atomic mass is 16.5. The van der Waals surface area contributed by atoms with E-state index in [1.165, 1.54) is 0 Å². The van der Waals surface area contributed by atoms with Crippen LogP contribution in [0.1, 0.15) is 75.2 Å². The highest BCUT2D eigenvalue weighted by Gasteiger charge is 2.48. The van der Waals surface area contributed by atoms with Crippen LogP contribution in [0.15, 0.2) is 77.3 Å². The second kappa shape index (κ2) is 8.33. The SMILES string of the molecule is CC1(C)CC(=O)C2=C(C1)OC1=C(C(=O)CC(C)(C)C1)C2c1ccccc1OC(=O)c1ccccc1. The molecule has 180 valence electrons. The van der Waals surface area contributed by atoms with Crippen LogP contribution in [0, 0.1) is 10.8 Å². The number of allylic oxidation sites excluding steroid dienone is 4. The van der Waals surface area contributed by atoms with E-state index in [0.717, 1.165) is 0 Å². The topological polar surface area (TPSA) is 69.7 Å². The first-order valence-corrected chi connectivity index (χ1v) is 12.1. The fraction of sp³-hybridized carbons (Fsp3) is 0.367. The average molecular weight is 471 g/mol. The normalized spacial score (nSPS) is 21.3. The van der Waals surface area contributed by atoms with E-state index in [9.17, 15) is 14.4 Å². The van der Waals surface area contributed by atoms with Crippen LogP contribution in [-0.4, -0.2) is 17.5 Å². The minimum Gasteiger partial charge on any atom is -0.465 e. The number of para-hydroxylation sites is 1. The molecule has 5 heteroatoms. The summed E-state index contributed by atoms with van der Waals surface area (Å²) in [6, 6.07) is 16.0. The van der Waals surface area contributed by atoms with Gasteiger partial charge in [-0.15, -0.1) is 0 Å². The molecule has 0 unspecified atom stereocenters. The molecule has 1 heterocycles. The van der Waals surface area contributed by atoms with E-state index >= 15 is 0 Å². The molecule has 1 aliphatic heterocycles. The summed E-state index contributed by atoms with van der Waals surface area (Å²) in [5.41, 5.74) is 1.66. The van der Waals surface area contributed by atoms with Crippen LogP contribution in [0.2, 0.25) is 0 Å². The van der Waals surface area contributed by atoms with Crippen molar-refractivity contribution in [1.29, 1.82) is 0 Å². The highest BCUT2D eigenvalue weighted by Crippen LogP contribution is 2.54. The number of benzene rings is 2. The number of carbonyl (C=O) groups excluding carboxylic acids is 3. The van der Waals surface area contributed by atoms with E-state index in [1.807, 2.05) is 18.2 Å². The van der Waals surface area contributed by atoms with Gasteiger partial charge in [-0.2, -0.15) is 0 Å². The summed E-state index contributed by atoms with van der Waals surface area (Å²) in [6.07, 6.45) is 1.98. The van der Waals surface area contributed by atoms with Crippen molar-refractivity contribution in [2.24, 2.45) is 10.8 Å². The Labute approximate surface area is 205 Å². The van der Waals surface area contributed by atoms with E-state index in [0.29, 0.717) is 65.2 Å². The Hall–Kier alpha value is -3.47. The van der Waals surface area contributed by atoms with Gasteiger partial charge in [0.1, 0.15) is 17.3 Å². The third-order valence-corrected chi connectivity index (χ3v) is 7.02. The molecule has 0 aromatic heterocycles. The molecule has 0 radical (unpaired) electrons. The number of Topliss-reactive ketones (excluding diaryl/α,β-unsaturated/α-hetero) is 2. The molecule has 3 aliphatic rings. The number of hydrogen-bond donors (Lipinski definition) is 0. The number of ether oxygens (including phenoxy) is 2. The molecule has 0 N–H and O–H groups in total. The summed E-state index contributed by atoms with van der Waals surface area (Å²) >= 11 is 0. The van der Waals surface area contributed by atoms with Gasteiger partial charge in [-0.1, -0.05) is 64.1 Å². The smallest absolute Gasteiger partial charge is 0.343 e. The number of esters is 1. The Balaban J connectivity index is 1.65. The van der Waals surface area contributed by atoms with Crippen LogP contribution in [0.5, 0.6) is 5.75 Å². The van der Waals surface area contributed by atoms with Crippen molar-refractivity contribution < 1.29 is 23.9 Å². The van der Waals surface area contributed by atoms with Crippen molar-refractivity contribution in [2.45, 2.75) is 59.3 Å². The van der Waals surface area contributed by atoms with Gasteiger partial charge in [0, 0.05) is 42.4 Å². The van der Waals surface area contributed by atoms with Crippen molar-refractivity contribution >= 4 is 17.5 Å². The maximum Gasteiger partial charge on any atom is 0.343 e. The molecule has 0 bridgehead atoms. The molecule has 0 atom stereocenters. The van der Waals surface area contributed by atoms with Crippen LogP contribution in [-0.2, 0) is 14.3 Å². The second-order valence-corrected chi connectivity index (χ2v) is 11.4. The number of ketones is 2. The molecule has 0 saturated carbocycles. The van der Waals surface area contributed by atoms with Crippen LogP contribution in [0.3, 0.4) is 0 Å². The minimum atomic E-state index is -0.610. The molecule has 0 spiro atoms. The fourth-order valence-electron chi connectivity index (χ4n) is 5.53. The van der Waals surface area contributed by atoms with Crippen molar-refractivity contribution in [3.8, 4) is 5.75 Å². The molecular weight excluding hydrogens is 440 g/mol. The molecule has 2 aromatic rings. The van der Waals surface area contributed by atoms with Gasteiger partial charge in [0.05, 0.1) is 11.5 Å². The van der Waals surface area contributed by atoms with Crippen molar-refractivity contribution in [3.05, 3.63) is 88.4 Å². The van der Waals surface area contributed by atoms with Crippen LogP contribution >= 0.6 is 0 Å². The van der Waals surface area contributed by atoms with Gasteiger partial charge < -0.3 is 9.47 Å². The first kappa shape index (κ1) is 23.3. The molecule has 0 fully saturated rings. The Morgan fingerprint density at radius 1 is 0.771 bits per heavy atom. The Morgan fingerprint density at radius 2 is 1.29 bits per heavy atom. The molecule has 5 rings (SSSR count). The van der Waals surface area contributed by atoms with E-state index in [2.05, 4.69) is 27.7 Å². The standard InChI is InChI=1S/C30H30O5/c1-29(2)14-20(31)26-23(16-29)34-24-17-30(3,4)15-21(32)27(24)25(26)19-12-8-9-13-22(19)35-28(33)18-10-6-5-7-11-18/h5-13,25H,14-17H2,1-4H3. The van der Waals surface area contributed by atoms with Gasteiger partial charge in [-0.3, -0.25) is 9.59 Å². The number of carbonyl (C=O) groups is 3. The predicted octanol–water partition coefficient (Wildman–Crippen LogP) is 6.31. The summed E-state index contributed by atoms with van der Waals surface area (Å²) in [6.45, 7) is 8.23. The van der Waals surface area contributed by atoms with Crippen molar-refractivity contribution in [1.82, 2.24) is 0 Å². The highest BCUT2D eigenvalue weighted by molar-refractivity contribution is 6.06. The zero-order valence-electron chi connectivity index (χ0n) is 20.6. The lowest BCUT2D eigenvalue weighted by atomic mass is 9.65. The van der Waals surface area contributed by atoms with E-state index in [-0.39, 0.29) is 22.4 Å². The lowest BCUT2D eigenvalue weighted by molar-refractivity contribution is -0.120. The van der Waals surface area contributed by atoms with Gasteiger partial charge in [-0.25, -0.2) is 4.79 Å². The summed E-state index contributed by atoms with van der Waals surface area (Å²) < 4.78 is 12.2. The third-order valence-electron chi connectivity index (χ3n) is 7.02. The number of rotatable bonds is 3. The molecule has 5 nitrogen and oxygen atoms in total. The van der Waals surface area contributed by atoms with Gasteiger partial charge >= 0.3 is 5.97 Å². The van der Waals surface area contributed by atoms with Gasteiger partial charge in [0.25, 0.3) is 0 Å². The van der Waals surface area contributed by atoms with E-state index < -0.39 is 11.9 Å². The van der Waals surface area contributed by atoms with Gasteiger partial charge in [0.15, 0.2) is 11.6 Å². The molecule has 2 aliphatic carbocycles.